The third kappa shape index (κ3) is 3.40. The van der Waals surface area contributed by atoms with E-state index in [0.717, 1.165) is 24.8 Å². The van der Waals surface area contributed by atoms with Gasteiger partial charge in [0.15, 0.2) is 12.1 Å². The van der Waals surface area contributed by atoms with Gasteiger partial charge < -0.3 is 19.5 Å². The molecule has 1 heterocycles. The molecule has 1 aliphatic heterocycles. The van der Waals surface area contributed by atoms with E-state index in [-0.39, 0.29) is 17.9 Å². The number of rotatable bonds is 4. The van der Waals surface area contributed by atoms with Crippen LogP contribution in [0.4, 0.5) is 0 Å². The van der Waals surface area contributed by atoms with E-state index in [4.69, 9.17) is 9.47 Å². The van der Waals surface area contributed by atoms with Crippen LogP contribution in [0.25, 0.3) is 0 Å². The molecule has 0 fully saturated rings. The number of aliphatic carboxylic acids is 1. The number of fused-ring (bicyclic) bond motifs is 2. The van der Waals surface area contributed by atoms with E-state index in [0.29, 0.717) is 17.1 Å². The number of hydrogen-bond donors (Lipinski definition) is 1. The van der Waals surface area contributed by atoms with Gasteiger partial charge in [-0.15, -0.1) is 0 Å². The van der Waals surface area contributed by atoms with Gasteiger partial charge in [-0.05, 0) is 48.4 Å². The molecule has 1 aliphatic carbocycles. The predicted molar refractivity (Wildman–Crippen MR) is 112 cm³/mol. The Hall–Kier alpha value is -3.02. The van der Waals surface area contributed by atoms with Crippen molar-refractivity contribution in [2.45, 2.75) is 51.3 Å². The Balaban J connectivity index is 1.91. The second-order valence-electron chi connectivity index (χ2n) is 8.28. The monoisotopic (exact) mass is 409 g/mol. The molecule has 4 rings (SSSR count). The predicted octanol–water partition coefficient (Wildman–Crippen LogP) is 4.14. The molecule has 0 saturated carbocycles. The minimum atomic E-state index is -1.13. The van der Waals surface area contributed by atoms with Crippen molar-refractivity contribution >= 4 is 11.9 Å². The van der Waals surface area contributed by atoms with Crippen molar-refractivity contribution in [2.75, 3.05) is 7.11 Å². The van der Waals surface area contributed by atoms with Crippen LogP contribution in [0.15, 0.2) is 42.5 Å². The number of carboxylic acids is 1. The molecule has 2 aromatic carbocycles. The highest BCUT2D eigenvalue weighted by Crippen LogP contribution is 2.45. The van der Waals surface area contributed by atoms with E-state index in [1.165, 1.54) is 5.56 Å². The summed E-state index contributed by atoms with van der Waals surface area (Å²) >= 11 is 0. The average Bonchev–Trinajstić information content (AvgIpc) is 2.87. The zero-order valence-electron chi connectivity index (χ0n) is 17.5. The molecule has 30 heavy (non-hydrogen) atoms. The van der Waals surface area contributed by atoms with Crippen LogP contribution < -0.4 is 9.47 Å². The number of carbonyl (C=O) groups excluding carboxylic acids is 1. The number of benzene rings is 2. The van der Waals surface area contributed by atoms with Crippen LogP contribution in [-0.2, 0) is 16.0 Å². The molecule has 0 bridgehead atoms. The maximum atomic E-state index is 13.7. The summed E-state index contributed by atoms with van der Waals surface area (Å²) in [6.45, 7) is 3.83. The fourth-order valence-corrected chi connectivity index (χ4v) is 4.60. The van der Waals surface area contributed by atoms with E-state index in [1.807, 2.05) is 32.0 Å². The van der Waals surface area contributed by atoms with Gasteiger partial charge in [0.25, 0.3) is 5.91 Å². The first kappa shape index (κ1) is 20.3. The van der Waals surface area contributed by atoms with Gasteiger partial charge in [0.05, 0.1) is 13.2 Å². The van der Waals surface area contributed by atoms with Gasteiger partial charge in [-0.2, -0.15) is 0 Å². The second-order valence-corrected chi connectivity index (χ2v) is 8.28. The highest BCUT2D eigenvalue weighted by molar-refractivity contribution is 5.89. The number of amides is 1. The minimum Gasteiger partial charge on any atom is -0.497 e. The van der Waals surface area contributed by atoms with E-state index in [1.54, 1.807) is 30.2 Å². The first-order valence-corrected chi connectivity index (χ1v) is 10.4. The lowest BCUT2D eigenvalue weighted by Crippen LogP contribution is -2.48. The van der Waals surface area contributed by atoms with Gasteiger partial charge in [0.2, 0.25) is 0 Å². The zero-order valence-corrected chi connectivity index (χ0v) is 17.5. The fraction of sp³-hybridized carbons (Fsp3) is 0.417. The summed E-state index contributed by atoms with van der Waals surface area (Å²) in [6.07, 6.45) is 1.79. The summed E-state index contributed by atoms with van der Waals surface area (Å²) in [5, 5.41) is 10.2. The van der Waals surface area contributed by atoms with Gasteiger partial charge in [0.1, 0.15) is 11.5 Å². The standard InChI is InChI=1S/C24H27NO5/c1-14(2)22-23(26)25(19-10-6-8-15-7-4-5-9-17(15)19)21(24(27)28)18-12-11-16(29-3)13-20(18)30-22/h4-5,7,9,11-14,19,21-22H,6,8,10H2,1-3H3,(H,27,28). The lowest BCUT2D eigenvalue weighted by Gasteiger charge is -2.39. The first-order valence-electron chi connectivity index (χ1n) is 10.4. The van der Waals surface area contributed by atoms with Gasteiger partial charge >= 0.3 is 5.97 Å². The molecule has 2 aliphatic rings. The Morgan fingerprint density at radius 1 is 1.20 bits per heavy atom. The van der Waals surface area contributed by atoms with Crippen molar-refractivity contribution in [3.8, 4) is 11.5 Å². The Labute approximate surface area is 176 Å². The Morgan fingerprint density at radius 2 is 1.97 bits per heavy atom. The summed E-state index contributed by atoms with van der Waals surface area (Å²) in [7, 11) is 1.55. The largest absolute Gasteiger partial charge is 0.497 e. The Bertz CT molecular complexity index is 970. The SMILES string of the molecule is COc1ccc2c(c1)OC(C(C)C)C(=O)N(C1CCCc3ccccc31)C2C(=O)O. The number of methoxy groups -OCH3 is 1. The molecule has 6 heteroatoms. The molecule has 1 amide bonds. The molecule has 3 unspecified atom stereocenters. The normalized spacial score (nSPS) is 23.3. The number of carboxylic acid groups (broad SMARTS) is 1. The summed E-state index contributed by atoms with van der Waals surface area (Å²) in [5.74, 6) is -0.518. The van der Waals surface area contributed by atoms with Crippen LogP contribution in [0.5, 0.6) is 11.5 Å². The van der Waals surface area contributed by atoms with E-state index in [9.17, 15) is 14.7 Å². The zero-order chi connectivity index (χ0) is 21.4. The van der Waals surface area contributed by atoms with Crippen molar-refractivity contribution in [1.29, 1.82) is 0 Å². The smallest absolute Gasteiger partial charge is 0.331 e. The third-order valence-electron chi connectivity index (χ3n) is 6.06. The van der Waals surface area contributed by atoms with Crippen LogP contribution in [0, 0.1) is 5.92 Å². The molecule has 0 aromatic heterocycles. The second kappa shape index (κ2) is 8.01. The number of carbonyl (C=O) groups is 2. The molecule has 2 aromatic rings. The minimum absolute atomic E-state index is 0.120. The summed E-state index contributed by atoms with van der Waals surface area (Å²) < 4.78 is 11.4. The van der Waals surface area contributed by atoms with Crippen molar-refractivity contribution in [3.05, 3.63) is 59.2 Å². The molecule has 3 atom stereocenters. The quantitative estimate of drug-likeness (QED) is 0.821. The van der Waals surface area contributed by atoms with Crippen LogP contribution in [-0.4, -0.2) is 35.1 Å². The van der Waals surface area contributed by atoms with Gasteiger partial charge in [-0.1, -0.05) is 38.1 Å². The fourth-order valence-electron chi connectivity index (χ4n) is 4.60. The molecular weight excluding hydrogens is 382 g/mol. The Kier molecular flexibility index (Phi) is 5.41. The first-order chi connectivity index (χ1) is 14.4. The molecule has 0 radical (unpaired) electrons. The van der Waals surface area contributed by atoms with Crippen molar-refractivity contribution in [2.24, 2.45) is 5.92 Å². The average molecular weight is 409 g/mol. The number of aryl methyl sites for hydroxylation is 1. The molecular formula is C24H27NO5. The number of ether oxygens (including phenoxy) is 2. The van der Waals surface area contributed by atoms with Gasteiger partial charge in [-0.3, -0.25) is 4.79 Å². The van der Waals surface area contributed by atoms with Crippen LogP contribution >= 0.6 is 0 Å². The lowest BCUT2D eigenvalue weighted by molar-refractivity contribution is -0.156. The molecule has 158 valence electrons. The molecule has 6 nitrogen and oxygen atoms in total. The topological polar surface area (TPSA) is 76.1 Å². The summed E-state index contributed by atoms with van der Waals surface area (Å²) in [6, 6.07) is 11.7. The van der Waals surface area contributed by atoms with E-state index < -0.39 is 18.1 Å². The van der Waals surface area contributed by atoms with Gasteiger partial charge in [0, 0.05) is 11.6 Å². The molecule has 0 spiro atoms. The Morgan fingerprint density at radius 3 is 2.67 bits per heavy atom. The summed E-state index contributed by atoms with van der Waals surface area (Å²) in [4.78, 5) is 27.8. The highest BCUT2D eigenvalue weighted by atomic mass is 16.5. The number of hydrogen-bond acceptors (Lipinski definition) is 4. The maximum Gasteiger partial charge on any atom is 0.331 e. The maximum absolute atomic E-state index is 13.7. The van der Waals surface area contributed by atoms with Gasteiger partial charge in [-0.25, -0.2) is 4.79 Å². The third-order valence-corrected chi connectivity index (χ3v) is 6.06. The van der Waals surface area contributed by atoms with Crippen molar-refractivity contribution < 1.29 is 24.2 Å². The van der Waals surface area contributed by atoms with Crippen LogP contribution in [0.3, 0.4) is 0 Å². The van der Waals surface area contributed by atoms with Crippen LogP contribution in [0.2, 0.25) is 0 Å². The van der Waals surface area contributed by atoms with E-state index in [2.05, 4.69) is 6.07 Å². The lowest BCUT2D eigenvalue weighted by atomic mass is 9.85. The molecule has 1 N–H and O–H groups in total. The van der Waals surface area contributed by atoms with Crippen LogP contribution in [0.1, 0.15) is 55.5 Å². The van der Waals surface area contributed by atoms with Crippen molar-refractivity contribution in [3.63, 3.8) is 0 Å². The number of nitrogens with zero attached hydrogens (tertiary/aromatic N) is 1. The van der Waals surface area contributed by atoms with E-state index >= 15 is 0 Å². The molecule has 0 saturated heterocycles. The summed E-state index contributed by atoms with van der Waals surface area (Å²) in [5.41, 5.74) is 2.68. The van der Waals surface area contributed by atoms with Crippen molar-refractivity contribution in [1.82, 2.24) is 4.90 Å². The highest BCUT2D eigenvalue weighted by Gasteiger charge is 2.46.